The van der Waals surface area contributed by atoms with Crippen LogP contribution in [0.4, 0.5) is 0 Å². The Labute approximate surface area is 137 Å². The van der Waals surface area contributed by atoms with Crippen molar-refractivity contribution in [3.63, 3.8) is 0 Å². The van der Waals surface area contributed by atoms with Crippen molar-refractivity contribution in [2.75, 3.05) is 13.2 Å². The summed E-state index contributed by atoms with van der Waals surface area (Å²) in [5.41, 5.74) is 1.57. The van der Waals surface area contributed by atoms with E-state index in [4.69, 9.17) is 21.1 Å². The van der Waals surface area contributed by atoms with Crippen LogP contribution in [0.25, 0.3) is 0 Å². The van der Waals surface area contributed by atoms with E-state index in [0.717, 1.165) is 27.1 Å². The Bertz CT molecular complexity index is 643. The number of aldehydes is 1. The van der Waals surface area contributed by atoms with Crippen LogP contribution in [0.15, 0.2) is 40.9 Å². The van der Waals surface area contributed by atoms with Gasteiger partial charge in [0, 0.05) is 10.6 Å². The van der Waals surface area contributed by atoms with Gasteiger partial charge in [0.1, 0.15) is 31.0 Å². The second kappa shape index (κ2) is 7.48. The number of ether oxygens (including phenoxy) is 2. The summed E-state index contributed by atoms with van der Waals surface area (Å²) in [5.74, 6) is 1.44. The average molecular weight is 370 g/mol. The van der Waals surface area contributed by atoms with E-state index < -0.39 is 0 Å². The van der Waals surface area contributed by atoms with Gasteiger partial charge in [-0.1, -0.05) is 11.6 Å². The molecule has 0 fully saturated rings. The zero-order valence-electron chi connectivity index (χ0n) is 11.4. The molecule has 2 rings (SSSR count). The lowest BCUT2D eigenvalue weighted by molar-refractivity contribution is 0.112. The fourth-order valence-corrected chi connectivity index (χ4v) is 2.35. The van der Waals surface area contributed by atoms with Crippen molar-refractivity contribution in [3.8, 4) is 11.5 Å². The molecule has 0 atom stereocenters. The maximum atomic E-state index is 10.6. The molecule has 0 spiro atoms. The normalized spacial score (nSPS) is 10.2. The Kier molecular flexibility index (Phi) is 5.65. The Morgan fingerprint density at radius 1 is 1.14 bits per heavy atom. The summed E-state index contributed by atoms with van der Waals surface area (Å²) < 4.78 is 11.9. The molecule has 2 aromatic carbocycles. The largest absolute Gasteiger partial charge is 0.490 e. The molecule has 2 aromatic rings. The van der Waals surface area contributed by atoms with Crippen LogP contribution in [0.1, 0.15) is 15.9 Å². The number of carbonyl (C=O) groups excluding carboxylic acids is 1. The van der Waals surface area contributed by atoms with E-state index in [9.17, 15) is 4.79 Å². The van der Waals surface area contributed by atoms with Crippen LogP contribution in [0.2, 0.25) is 5.02 Å². The molecule has 0 amide bonds. The minimum atomic E-state index is 0.403. The minimum absolute atomic E-state index is 0.403. The van der Waals surface area contributed by atoms with Crippen LogP contribution in [0.5, 0.6) is 11.5 Å². The average Bonchev–Trinajstić information content (AvgIpc) is 2.48. The lowest BCUT2D eigenvalue weighted by Crippen LogP contribution is -2.09. The standard InChI is InChI=1S/C16H14BrClO3/c1-11-8-13(3-4-15(11)18)20-6-7-21-16-5-2-12(10-19)9-14(16)17/h2-5,8-10H,6-7H2,1H3. The first-order valence-corrected chi connectivity index (χ1v) is 7.53. The highest BCUT2D eigenvalue weighted by atomic mass is 79.9. The number of halogens is 2. The van der Waals surface area contributed by atoms with Crippen LogP contribution in [-0.4, -0.2) is 19.5 Å². The zero-order valence-corrected chi connectivity index (χ0v) is 13.8. The van der Waals surface area contributed by atoms with Gasteiger partial charge in [0.05, 0.1) is 4.47 Å². The Morgan fingerprint density at radius 2 is 1.90 bits per heavy atom. The summed E-state index contributed by atoms with van der Waals surface area (Å²) in [5, 5.41) is 0.720. The summed E-state index contributed by atoms with van der Waals surface area (Å²) in [4.78, 5) is 10.6. The van der Waals surface area contributed by atoms with E-state index in [2.05, 4.69) is 15.9 Å². The third-order valence-corrected chi connectivity index (χ3v) is 3.87. The topological polar surface area (TPSA) is 35.5 Å². The highest BCUT2D eigenvalue weighted by molar-refractivity contribution is 9.10. The van der Waals surface area contributed by atoms with E-state index in [1.165, 1.54) is 0 Å². The number of hydrogen-bond acceptors (Lipinski definition) is 3. The van der Waals surface area contributed by atoms with Crippen LogP contribution in [-0.2, 0) is 0 Å². The number of hydrogen-bond donors (Lipinski definition) is 0. The minimum Gasteiger partial charge on any atom is -0.490 e. The molecule has 3 nitrogen and oxygen atoms in total. The van der Waals surface area contributed by atoms with Gasteiger partial charge in [-0.25, -0.2) is 0 Å². The van der Waals surface area contributed by atoms with Crippen LogP contribution in [0.3, 0.4) is 0 Å². The van der Waals surface area contributed by atoms with Crippen molar-refractivity contribution in [1.82, 2.24) is 0 Å². The number of aryl methyl sites for hydroxylation is 1. The van der Waals surface area contributed by atoms with Crippen LogP contribution in [0, 0.1) is 6.92 Å². The van der Waals surface area contributed by atoms with E-state index in [1.54, 1.807) is 18.2 Å². The van der Waals surface area contributed by atoms with Gasteiger partial charge in [-0.3, -0.25) is 4.79 Å². The molecule has 0 aromatic heterocycles. The van der Waals surface area contributed by atoms with Crippen molar-refractivity contribution >= 4 is 33.8 Å². The first-order chi connectivity index (χ1) is 10.1. The molecular formula is C16H14BrClO3. The second-order valence-corrected chi connectivity index (χ2v) is 5.68. The third kappa shape index (κ3) is 4.48. The second-order valence-electron chi connectivity index (χ2n) is 4.42. The van der Waals surface area contributed by atoms with E-state index in [-0.39, 0.29) is 0 Å². The molecule has 21 heavy (non-hydrogen) atoms. The van der Waals surface area contributed by atoms with Crippen LogP contribution < -0.4 is 9.47 Å². The SMILES string of the molecule is Cc1cc(OCCOc2ccc(C=O)cc2Br)ccc1Cl. The summed E-state index contributed by atoms with van der Waals surface area (Å²) >= 11 is 9.32. The van der Waals surface area contributed by atoms with Crippen molar-refractivity contribution in [1.29, 1.82) is 0 Å². The first kappa shape index (κ1) is 15.9. The van der Waals surface area contributed by atoms with Crippen LogP contribution >= 0.6 is 27.5 Å². The van der Waals surface area contributed by atoms with Gasteiger partial charge in [-0.2, -0.15) is 0 Å². The van der Waals surface area contributed by atoms with Crippen molar-refractivity contribution in [3.05, 3.63) is 57.0 Å². The molecule has 0 saturated heterocycles. The quantitative estimate of drug-likeness (QED) is 0.548. The van der Waals surface area contributed by atoms with Gasteiger partial charge >= 0.3 is 0 Å². The molecule has 0 aliphatic heterocycles. The van der Waals surface area contributed by atoms with Gasteiger partial charge < -0.3 is 9.47 Å². The van der Waals surface area contributed by atoms with Gasteiger partial charge in [-0.05, 0) is 64.8 Å². The van der Waals surface area contributed by atoms with Crippen molar-refractivity contribution in [2.24, 2.45) is 0 Å². The number of rotatable bonds is 6. The summed E-state index contributed by atoms with van der Waals surface area (Å²) in [6.45, 7) is 2.75. The zero-order chi connectivity index (χ0) is 15.2. The highest BCUT2D eigenvalue weighted by Gasteiger charge is 2.03. The maximum absolute atomic E-state index is 10.6. The molecule has 0 unspecified atom stereocenters. The van der Waals surface area contributed by atoms with E-state index in [1.807, 2.05) is 25.1 Å². The predicted molar refractivity (Wildman–Crippen MR) is 86.7 cm³/mol. The molecule has 0 radical (unpaired) electrons. The molecule has 5 heteroatoms. The summed E-state index contributed by atoms with van der Waals surface area (Å²) in [6, 6.07) is 10.7. The number of benzene rings is 2. The molecular weight excluding hydrogens is 356 g/mol. The smallest absolute Gasteiger partial charge is 0.150 e. The molecule has 0 saturated carbocycles. The summed E-state index contributed by atoms with van der Waals surface area (Å²) in [7, 11) is 0. The predicted octanol–water partition coefficient (Wildman–Crippen LogP) is 4.68. The molecule has 110 valence electrons. The van der Waals surface area contributed by atoms with Crippen molar-refractivity contribution < 1.29 is 14.3 Å². The fourth-order valence-electron chi connectivity index (χ4n) is 1.73. The number of carbonyl (C=O) groups is 1. The highest BCUT2D eigenvalue weighted by Crippen LogP contribution is 2.25. The lowest BCUT2D eigenvalue weighted by atomic mass is 10.2. The first-order valence-electron chi connectivity index (χ1n) is 6.36. The Hall–Kier alpha value is -1.52. The molecule has 0 N–H and O–H groups in total. The monoisotopic (exact) mass is 368 g/mol. The van der Waals surface area contributed by atoms with Gasteiger partial charge in [0.15, 0.2) is 0 Å². The Morgan fingerprint density at radius 3 is 2.57 bits per heavy atom. The molecule has 0 aliphatic rings. The van der Waals surface area contributed by atoms with Gasteiger partial charge in [0.25, 0.3) is 0 Å². The molecule has 0 aliphatic carbocycles. The third-order valence-electron chi connectivity index (χ3n) is 2.83. The lowest BCUT2D eigenvalue weighted by Gasteiger charge is -2.10. The molecule has 0 heterocycles. The fraction of sp³-hybridized carbons (Fsp3) is 0.188. The molecule has 0 bridgehead atoms. The van der Waals surface area contributed by atoms with Gasteiger partial charge in [-0.15, -0.1) is 0 Å². The van der Waals surface area contributed by atoms with Crippen molar-refractivity contribution in [2.45, 2.75) is 6.92 Å². The van der Waals surface area contributed by atoms with E-state index in [0.29, 0.717) is 24.5 Å². The maximum Gasteiger partial charge on any atom is 0.150 e. The summed E-state index contributed by atoms with van der Waals surface area (Å²) in [6.07, 6.45) is 0.792. The van der Waals surface area contributed by atoms with E-state index >= 15 is 0 Å². The van der Waals surface area contributed by atoms with Gasteiger partial charge in [0.2, 0.25) is 0 Å². The Balaban J connectivity index is 1.84.